The Morgan fingerprint density at radius 2 is 2.22 bits per heavy atom. The zero-order valence-electron chi connectivity index (χ0n) is 18.7. The van der Waals surface area contributed by atoms with Crippen LogP contribution in [0.25, 0.3) is 5.65 Å². The molecule has 2 aliphatic rings. The van der Waals surface area contributed by atoms with Crippen molar-refractivity contribution in [3.8, 4) is 0 Å². The van der Waals surface area contributed by atoms with Crippen LogP contribution in [0.3, 0.4) is 0 Å². The zero-order chi connectivity index (χ0) is 22.7. The molecule has 0 saturated carbocycles. The smallest absolute Gasteiger partial charge is 0.255 e. The van der Waals surface area contributed by atoms with Gasteiger partial charge in [0.05, 0.1) is 31.5 Å². The molecule has 1 saturated heterocycles. The van der Waals surface area contributed by atoms with E-state index in [9.17, 15) is 13.6 Å². The lowest BCUT2D eigenvalue weighted by Gasteiger charge is -2.25. The second-order valence-corrected chi connectivity index (χ2v) is 8.63. The molecule has 7 nitrogen and oxygen atoms in total. The number of nitrogens with zero attached hydrogens (tertiary/aromatic N) is 4. The van der Waals surface area contributed by atoms with Gasteiger partial charge < -0.3 is 10.1 Å². The van der Waals surface area contributed by atoms with Gasteiger partial charge in [-0.3, -0.25) is 9.69 Å². The highest BCUT2D eigenvalue weighted by Crippen LogP contribution is 2.33. The van der Waals surface area contributed by atoms with Crippen LogP contribution < -0.4 is 5.32 Å². The molecule has 0 aliphatic carbocycles. The summed E-state index contributed by atoms with van der Waals surface area (Å²) in [7, 11) is 0. The summed E-state index contributed by atoms with van der Waals surface area (Å²) in [5, 5.41) is 7.15. The summed E-state index contributed by atoms with van der Waals surface area (Å²) >= 11 is 0. The van der Waals surface area contributed by atoms with Crippen LogP contribution in [-0.4, -0.2) is 64.7 Å². The van der Waals surface area contributed by atoms with Crippen LogP contribution in [0.1, 0.15) is 54.4 Å². The second kappa shape index (κ2) is 10.0. The van der Waals surface area contributed by atoms with Crippen LogP contribution in [0, 0.1) is 13.8 Å². The first-order valence-electron chi connectivity index (χ1n) is 11.3. The maximum atomic E-state index is 12.3. The fourth-order valence-electron chi connectivity index (χ4n) is 4.72. The van der Waals surface area contributed by atoms with E-state index in [0.29, 0.717) is 13.0 Å². The number of alkyl halides is 2. The van der Waals surface area contributed by atoms with Gasteiger partial charge >= 0.3 is 0 Å². The molecule has 32 heavy (non-hydrogen) atoms. The molecule has 0 aromatic carbocycles. The average molecular weight is 448 g/mol. The highest BCUT2D eigenvalue weighted by Gasteiger charge is 2.29. The number of rotatable bonds is 8. The van der Waals surface area contributed by atoms with E-state index in [2.05, 4.69) is 22.4 Å². The van der Waals surface area contributed by atoms with Gasteiger partial charge in [0, 0.05) is 30.4 Å². The number of carbonyl (C=O) groups excluding carboxylic acids is 1. The van der Waals surface area contributed by atoms with Gasteiger partial charge in [0.25, 0.3) is 6.43 Å². The average Bonchev–Trinajstić information content (AvgIpc) is 3.39. The van der Waals surface area contributed by atoms with Crippen molar-refractivity contribution in [2.24, 2.45) is 0 Å². The van der Waals surface area contributed by atoms with E-state index in [1.807, 2.05) is 18.4 Å². The Balaban J connectivity index is 1.50. The van der Waals surface area contributed by atoms with E-state index in [1.165, 1.54) is 5.57 Å². The van der Waals surface area contributed by atoms with E-state index in [1.54, 1.807) is 0 Å². The number of carbonyl (C=O) groups is 1. The summed E-state index contributed by atoms with van der Waals surface area (Å²) in [5.41, 5.74) is 5.87. The Morgan fingerprint density at radius 3 is 2.97 bits per heavy atom. The first-order chi connectivity index (χ1) is 15.4. The van der Waals surface area contributed by atoms with E-state index in [0.717, 1.165) is 67.3 Å². The summed E-state index contributed by atoms with van der Waals surface area (Å²) in [5.74, 6) is -0.382. The predicted octanol–water partition coefficient (Wildman–Crippen LogP) is 3.14. The third-order valence-corrected chi connectivity index (χ3v) is 6.33. The topological polar surface area (TPSA) is 71.8 Å². The zero-order valence-corrected chi connectivity index (χ0v) is 18.7. The van der Waals surface area contributed by atoms with Crippen LogP contribution in [-0.2, 0) is 16.0 Å². The summed E-state index contributed by atoms with van der Waals surface area (Å²) in [6, 6.07) is 2.32. The summed E-state index contributed by atoms with van der Waals surface area (Å²) in [6.07, 6.45) is 3.51. The quantitative estimate of drug-likeness (QED) is 0.630. The molecule has 0 radical (unpaired) electrons. The van der Waals surface area contributed by atoms with Crippen LogP contribution in [0.5, 0.6) is 0 Å². The van der Waals surface area contributed by atoms with Gasteiger partial charge in [0.15, 0.2) is 5.65 Å². The fraction of sp³-hybridized carbons (Fsp3) is 0.609. The number of aryl methyl sites for hydroxylation is 2. The molecule has 2 aliphatic heterocycles. The van der Waals surface area contributed by atoms with Crippen molar-refractivity contribution in [2.75, 3.05) is 32.8 Å². The van der Waals surface area contributed by atoms with Crippen LogP contribution in [0.2, 0.25) is 0 Å². The minimum Gasteiger partial charge on any atom is -0.377 e. The monoisotopic (exact) mass is 447 g/mol. The lowest BCUT2D eigenvalue weighted by atomic mass is 10.1. The van der Waals surface area contributed by atoms with Crippen molar-refractivity contribution in [1.29, 1.82) is 0 Å². The SMILES string of the molecule is Cc1nc2cc([C@H]3CCCN3CC3=CCCOC3)nn2c(C)c1CCC(=O)NCC(F)F. The number of halogens is 2. The first kappa shape index (κ1) is 22.8. The highest BCUT2D eigenvalue weighted by molar-refractivity contribution is 5.76. The number of fused-ring (bicyclic) bond motifs is 1. The largest absolute Gasteiger partial charge is 0.377 e. The molecule has 4 rings (SSSR count). The van der Waals surface area contributed by atoms with E-state index >= 15 is 0 Å². The molecular weight excluding hydrogens is 416 g/mol. The fourth-order valence-corrected chi connectivity index (χ4v) is 4.72. The maximum Gasteiger partial charge on any atom is 0.255 e. The number of hydrogen-bond acceptors (Lipinski definition) is 5. The van der Waals surface area contributed by atoms with Crippen molar-refractivity contribution in [2.45, 2.75) is 58.4 Å². The number of amides is 1. The Kier molecular flexibility index (Phi) is 7.15. The molecular formula is C23H31F2N5O2. The number of hydrogen-bond donors (Lipinski definition) is 1. The molecule has 174 valence electrons. The van der Waals surface area contributed by atoms with Crippen molar-refractivity contribution in [3.05, 3.63) is 40.4 Å². The van der Waals surface area contributed by atoms with Gasteiger partial charge in [-0.25, -0.2) is 18.3 Å². The van der Waals surface area contributed by atoms with Gasteiger partial charge in [-0.05, 0) is 57.2 Å². The molecule has 0 bridgehead atoms. The lowest BCUT2D eigenvalue weighted by Crippen LogP contribution is -2.28. The second-order valence-electron chi connectivity index (χ2n) is 8.63. The van der Waals surface area contributed by atoms with Crippen molar-refractivity contribution in [1.82, 2.24) is 24.8 Å². The maximum absolute atomic E-state index is 12.3. The molecule has 9 heteroatoms. The predicted molar refractivity (Wildman–Crippen MR) is 117 cm³/mol. The first-order valence-corrected chi connectivity index (χ1v) is 11.3. The van der Waals surface area contributed by atoms with Gasteiger partial charge in [-0.1, -0.05) is 6.08 Å². The molecule has 1 atom stereocenters. The van der Waals surface area contributed by atoms with Crippen LogP contribution in [0.4, 0.5) is 8.78 Å². The number of nitrogens with one attached hydrogen (secondary N) is 1. The molecule has 2 aromatic rings. The molecule has 4 heterocycles. The Labute approximate surface area is 186 Å². The molecule has 0 spiro atoms. The van der Waals surface area contributed by atoms with E-state index < -0.39 is 13.0 Å². The van der Waals surface area contributed by atoms with Crippen molar-refractivity contribution >= 4 is 11.6 Å². The number of aromatic nitrogens is 3. The van der Waals surface area contributed by atoms with Crippen molar-refractivity contribution in [3.63, 3.8) is 0 Å². The number of ether oxygens (including phenoxy) is 1. The van der Waals surface area contributed by atoms with Gasteiger partial charge in [-0.15, -0.1) is 0 Å². The molecule has 1 amide bonds. The van der Waals surface area contributed by atoms with Gasteiger partial charge in [-0.2, -0.15) is 5.10 Å². The Bertz CT molecular complexity index is 1000. The van der Waals surface area contributed by atoms with E-state index in [-0.39, 0.29) is 18.4 Å². The van der Waals surface area contributed by atoms with Crippen molar-refractivity contribution < 1.29 is 18.3 Å². The Morgan fingerprint density at radius 1 is 1.38 bits per heavy atom. The van der Waals surface area contributed by atoms with Crippen LogP contribution in [0.15, 0.2) is 17.7 Å². The third-order valence-electron chi connectivity index (χ3n) is 6.33. The van der Waals surface area contributed by atoms with Gasteiger partial charge in [0.2, 0.25) is 5.91 Å². The minimum atomic E-state index is -2.54. The van der Waals surface area contributed by atoms with Crippen LogP contribution >= 0.6 is 0 Å². The molecule has 2 aromatic heterocycles. The van der Waals surface area contributed by atoms with Gasteiger partial charge in [0.1, 0.15) is 0 Å². The lowest BCUT2D eigenvalue weighted by molar-refractivity contribution is -0.121. The Hall–Kier alpha value is -2.39. The summed E-state index contributed by atoms with van der Waals surface area (Å²) < 4.78 is 32.1. The molecule has 0 unspecified atom stereocenters. The summed E-state index contributed by atoms with van der Waals surface area (Å²) in [6.45, 7) is 6.74. The molecule has 1 N–H and O–H groups in total. The normalized spacial score (nSPS) is 19.7. The summed E-state index contributed by atoms with van der Waals surface area (Å²) in [4.78, 5) is 19.1. The molecule has 1 fully saturated rings. The standard InChI is InChI=1S/C23H31F2N5O2/c1-15-18(7-8-23(31)26-12-21(24)25)16(2)30-22(27-15)11-19(28-30)20-6-3-9-29(20)13-17-5-4-10-32-14-17/h5,11,20-21H,3-4,6-10,12-14H2,1-2H3,(H,26,31)/t20-/m1/s1. The minimum absolute atomic E-state index is 0.142. The highest BCUT2D eigenvalue weighted by atomic mass is 19.3. The van der Waals surface area contributed by atoms with E-state index in [4.69, 9.17) is 14.8 Å². The number of likely N-dealkylation sites (tertiary alicyclic amines) is 1. The third kappa shape index (κ3) is 5.15.